The molecule has 3 nitrogen and oxygen atoms in total. The van der Waals surface area contributed by atoms with E-state index in [2.05, 4.69) is 46.4 Å². The van der Waals surface area contributed by atoms with Crippen LogP contribution in [0.3, 0.4) is 0 Å². The number of hydrogen-bond donors (Lipinski definition) is 1. The van der Waals surface area contributed by atoms with Crippen LogP contribution in [0.5, 0.6) is 0 Å². The van der Waals surface area contributed by atoms with Gasteiger partial charge in [0.2, 0.25) is 5.16 Å². The molecule has 0 amide bonds. The third-order valence-electron chi connectivity index (χ3n) is 3.51. The molecule has 118 valence electrons. The average Bonchev–Trinajstić information content (AvgIpc) is 3.03. The van der Waals surface area contributed by atoms with Crippen molar-refractivity contribution in [2.45, 2.75) is 24.3 Å². The van der Waals surface area contributed by atoms with Gasteiger partial charge >= 0.3 is 0 Å². The molecule has 0 unspecified atom stereocenters. The van der Waals surface area contributed by atoms with E-state index in [1.54, 1.807) is 0 Å². The van der Waals surface area contributed by atoms with Gasteiger partial charge in [-0.1, -0.05) is 72.2 Å². The zero-order valence-electron chi connectivity index (χ0n) is 12.5. The number of benzene rings is 2. The number of halogens is 2. The third kappa shape index (κ3) is 3.89. The van der Waals surface area contributed by atoms with Gasteiger partial charge in [-0.2, -0.15) is 0 Å². The molecule has 1 N–H and O–H groups in total. The molecule has 0 saturated heterocycles. The van der Waals surface area contributed by atoms with Crippen molar-refractivity contribution < 1.29 is 0 Å². The SMILES string of the molecule is CCc1ccc(-c2nc(SCc3c(Cl)cccc3Cl)n[nH]2)cc1. The molecule has 3 aromatic rings. The van der Waals surface area contributed by atoms with Crippen molar-refractivity contribution in [2.24, 2.45) is 0 Å². The van der Waals surface area contributed by atoms with Crippen LogP contribution in [-0.4, -0.2) is 15.2 Å². The van der Waals surface area contributed by atoms with Crippen molar-refractivity contribution in [1.29, 1.82) is 0 Å². The molecule has 1 aromatic heterocycles. The topological polar surface area (TPSA) is 41.6 Å². The molecular formula is C17H15Cl2N3S. The number of H-pyrrole nitrogens is 1. The number of nitrogens with one attached hydrogen (secondary N) is 1. The molecule has 0 aliphatic carbocycles. The molecule has 23 heavy (non-hydrogen) atoms. The highest BCUT2D eigenvalue weighted by atomic mass is 35.5. The van der Waals surface area contributed by atoms with E-state index in [9.17, 15) is 0 Å². The minimum Gasteiger partial charge on any atom is -0.258 e. The van der Waals surface area contributed by atoms with Gasteiger partial charge < -0.3 is 0 Å². The molecule has 6 heteroatoms. The van der Waals surface area contributed by atoms with Crippen LogP contribution in [0, 0.1) is 0 Å². The second-order valence-corrected chi connectivity index (χ2v) is 6.76. The lowest BCUT2D eigenvalue weighted by molar-refractivity contribution is 0.973. The van der Waals surface area contributed by atoms with Gasteiger partial charge in [-0.3, -0.25) is 5.10 Å². The Morgan fingerprint density at radius 2 is 1.74 bits per heavy atom. The lowest BCUT2D eigenvalue weighted by Gasteiger charge is -2.04. The molecule has 0 fully saturated rings. The normalized spacial score (nSPS) is 10.9. The first-order valence-corrected chi connectivity index (χ1v) is 8.99. The molecular weight excluding hydrogens is 349 g/mol. The summed E-state index contributed by atoms with van der Waals surface area (Å²) >= 11 is 13.9. The van der Waals surface area contributed by atoms with Gasteiger partial charge in [-0.25, -0.2) is 4.98 Å². The maximum atomic E-state index is 6.18. The fraction of sp³-hybridized carbons (Fsp3) is 0.176. The van der Waals surface area contributed by atoms with Gasteiger partial charge in [0.05, 0.1) is 0 Å². The molecule has 0 bridgehead atoms. The zero-order chi connectivity index (χ0) is 16.2. The van der Waals surface area contributed by atoms with Crippen molar-refractivity contribution >= 4 is 35.0 Å². The van der Waals surface area contributed by atoms with Crippen LogP contribution < -0.4 is 0 Å². The molecule has 0 saturated carbocycles. The fourth-order valence-electron chi connectivity index (χ4n) is 2.15. The van der Waals surface area contributed by atoms with Crippen molar-refractivity contribution in [1.82, 2.24) is 15.2 Å². The van der Waals surface area contributed by atoms with Crippen LogP contribution in [0.2, 0.25) is 10.0 Å². The fourth-order valence-corrected chi connectivity index (χ4v) is 3.69. The Kier molecular flexibility index (Phi) is 5.26. The van der Waals surface area contributed by atoms with Crippen LogP contribution in [-0.2, 0) is 12.2 Å². The van der Waals surface area contributed by atoms with Crippen molar-refractivity contribution in [3.05, 3.63) is 63.6 Å². The number of aromatic nitrogens is 3. The summed E-state index contributed by atoms with van der Waals surface area (Å²) in [6.07, 6.45) is 1.02. The zero-order valence-corrected chi connectivity index (χ0v) is 14.8. The maximum absolute atomic E-state index is 6.18. The smallest absolute Gasteiger partial charge is 0.209 e. The van der Waals surface area contributed by atoms with E-state index in [0.717, 1.165) is 23.4 Å². The average molecular weight is 364 g/mol. The van der Waals surface area contributed by atoms with Gasteiger partial charge in [0.15, 0.2) is 5.82 Å². The van der Waals surface area contributed by atoms with Crippen LogP contribution >= 0.6 is 35.0 Å². The Hall–Kier alpha value is -1.49. The van der Waals surface area contributed by atoms with E-state index >= 15 is 0 Å². The van der Waals surface area contributed by atoms with Gasteiger partial charge in [-0.15, -0.1) is 5.10 Å². The van der Waals surface area contributed by atoms with E-state index in [0.29, 0.717) is 21.0 Å². The lowest BCUT2D eigenvalue weighted by atomic mass is 10.1. The summed E-state index contributed by atoms with van der Waals surface area (Å²) in [5.41, 5.74) is 3.23. The molecule has 2 aromatic carbocycles. The molecule has 0 aliphatic rings. The van der Waals surface area contributed by atoms with E-state index in [1.165, 1.54) is 17.3 Å². The van der Waals surface area contributed by atoms with Crippen molar-refractivity contribution in [3.63, 3.8) is 0 Å². The summed E-state index contributed by atoms with van der Waals surface area (Å²) in [4.78, 5) is 4.52. The largest absolute Gasteiger partial charge is 0.258 e. The highest BCUT2D eigenvalue weighted by Gasteiger charge is 2.10. The number of hydrogen-bond acceptors (Lipinski definition) is 3. The summed E-state index contributed by atoms with van der Waals surface area (Å²) < 4.78 is 0. The predicted octanol–water partition coefficient (Wildman–Crippen LogP) is 5.63. The lowest BCUT2D eigenvalue weighted by Crippen LogP contribution is -1.86. The molecule has 0 radical (unpaired) electrons. The van der Waals surface area contributed by atoms with Crippen LogP contribution in [0.15, 0.2) is 47.6 Å². The maximum Gasteiger partial charge on any atom is 0.209 e. The molecule has 0 aliphatic heterocycles. The Labute approximate surface area is 149 Å². The molecule has 3 rings (SSSR count). The standard InChI is InChI=1S/C17H15Cl2N3S/c1-2-11-6-8-12(9-7-11)16-20-17(22-21-16)23-10-13-14(18)4-3-5-15(13)19/h3-9H,2,10H2,1H3,(H,20,21,22). The van der Waals surface area contributed by atoms with Gasteiger partial charge in [0.1, 0.15) is 0 Å². The number of nitrogens with zero attached hydrogens (tertiary/aromatic N) is 2. The summed E-state index contributed by atoms with van der Waals surface area (Å²) in [6, 6.07) is 13.8. The number of aromatic amines is 1. The van der Waals surface area contributed by atoms with E-state index in [4.69, 9.17) is 23.2 Å². The Morgan fingerprint density at radius 3 is 2.39 bits per heavy atom. The second kappa shape index (κ2) is 7.39. The highest BCUT2D eigenvalue weighted by Crippen LogP contribution is 2.30. The minimum absolute atomic E-state index is 0.630. The van der Waals surface area contributed by atoms with Crippen LogP contribution in [0.25, 0.3) is 11.4 Å². The van der Waals surface area contributed by atoms with Gasteiger partial charge in [0, 0.05) is 21.4 Å². The Balaban J connectivity index is 1.72. The monoisotopic (exact) mass is 363 g/mol. The summed E-state index contributed by atoms with van der Waals surface area (Å²) in [5, 5.41) is 9.23. The predicted molar refractivity (Wildman–Crippen MR) is 97.2 cm³/mol. The van der Waals surface area contributed by atoms with Gasteiger partial charge in [0.25, 0.3) is 0 Å². The third-order valence-corrected chi connectivity index (χ3v) is 5.09. The Morgan fingerprint density at radius 1 is 1.04 bits per heavy atom. The van der Waals surface area contributed by atoms with E-state index in [-0.39, 0.29) is 0 Å². The summed E-state index contributed by atoms with van der Waals surface area (Å²) in [7, 11) is 0. The quantitative estimate of drug-likeness (QED) is 0.596. The van der Waals surface area contributed by atoms with Gasteiger partial charge in [-0.05, 0) is 29.7 Å². The molecule has 1 heterocycles. The number of aryl methyl sites for hydroxylation is 1. The second-order valence-electron chi connectivity index (χ2n) is 5.01. The summed E-state index contributed by atoms with van der Waals surface area (Å²) in [6.45, 7) is 2.14. The van der Waals surface area contributed by atoms with Crippen LogP contribution in [0.1, 0.15) is 18.1 Å². The minimum atomic E-state index is 0.630. The first kappa shape index (κ1) is 16.4. The van der Waals surface area contributed by atoms with Crippen molar-refractivity contribution in [3.8, 4) is 11.4 Å². The number of thioether (sulfide) groups is 1. The number of rotatable bonds is 5. The Bertz CT molecular complexity index is 780. The van der Waals surface area contributed by atoms with E-state index < -0.39 is 0 Å². The highest BCUT2D eigenvalue weighted by molar-refractivity contribution is 7.98. The van der Waals surface area contributed by atoms with E-state index in [1.807, 2.05) is 18.2 Å². The summed E-state index contributed by atoms with van der Waals surface area (Å²) in [5.74, 6) is 1.39. The van der Waals surface area contributed by atoms with Crippen molar-refractivity contribution in [2.75, 3.05) is 0 Å². The molecule has 0 atom stereocenters. The first-order valence-electron chi connectivity index (χ1n) is 7.24. The van der Waals surface area contributed by atoms with Crippen LogP contribution in [0.4, 0.5) is 0 Å². The molecule has 0 spiro atoms. The first-order chi connectivity index (χ1) is 11.2.